The molecule has 2 saturated carbocycles. The van der Waals surface area contributed by atoms with Gasteiger partial charge in [0.25, 0.3) is 0 Å². The predicted molar refractivity (Wildman–Crippen MR) is 76.0 cm³/mol. The summed E-state index contributed by atoms with van der Waals surface area (Å²) in [5, 5.41) is 0. The van der Waals surface area contributed by atoms with Crippen LogP contribution in [0, 0.1) is 28.1 Å². The topological polar surface area (TPSA) is 0 Å². The standard InChI is InChI=1S/C17H32/c1-15(2,3)17(16(4,5)6)11-10-13-8-7-9-14(13)12-17/h13-14H,7-12H2,1-6H3. The molecule has 0 aliphatic heterocycles. The van der Waals surface area contributed by atoms with Gasteiger partial charge < -0.3 is 0 Å². The molecule has 0 aromatic carbocycles. The third kappa shape index (κ3) is 2.06. The lowest BCUT2D eigenvalue weighted by atomic mass is 9.46. The molecule has 0 radical (unpaired) electrons. The second kappa shape index (κ2) is 4.00. The Kier molecular flexibility index (Phi) is 3.16. The van der Waals surface area contributed by atoms with E-state index in [2.05, 4.69) is 41.5 Å². The van der Waals surface area contributed by atoms with E-state index in [-0.39, 0.29) is 0 Å². The molecular weight excluding hydrogens is 204 g/mol. The Morgan fingerprint density at radius 1 is 0.765 bits per heavy atom. The first-order valence-corrected chi connectivity index (χ1v) is 7.67. The zero-order valence-corrected chi connectivity index (χ0v) is 12.9. The summed E-state index contributed by atoms with van der Waals surface area (Å²) in [6.07, 6.45) is 8.98. The van der Waals surface area contributed by atoms with Crippen LogP contribution in [0.15, 0.2) is 0 Å². The Balaban J connectivity index is 2.30. The largest absolute Gasteiger partial charge is 0.0596 e. The SMILES string of the molecule is CC(C)(C)C1(C(C)(C)C)CCC2CCCC2C1. The van der Waals surface area contributed by atoms with Crippen LogP contribution in [-0.4, -0.2) is 0 Å². The highest BCUT2D eigenvalue weighted by Gasteiger charge is 2.54. The first-order chi connectivity index (χ1) is 7.67. The van der Waals surface area contributed by atoms with E-state index in [1.165, 1.54) is 38.5 Å². The molecule has 0 heterocycles. The fourth-order valence-corrected chi connectivity index (χ4v) is 5.23. The van der Waals surface area contributed by atoms with Crippen molar-refractivity contribution in [3.8, 4) is 0 Å². The summed E-state index contributed by atoms with van der Waals surface area (Å²) in [5.41, 5.74) is 1.43. The molecule has 2 aliphatic carbocycles. The molecule has 0 heteroatoms. The minimum Gasteiger partial charge on any atom is -0.0596 e. The molecule has 2 atom stereocenters. The molecule has 17 heavy (non-hydrogen) atoms. The fraction of sp³-hybridized carbons (Fsp3) is 1.00. The Morgan fingerprint density at radius 2 is 1.29 bits per heavy atom. The van der Waals surface area contributed by atoms with E-state index in [9.17, 15) is 0 Å². The molecule has 2 aliphatic rings. The molecule has 0 saturated heterocycles. The van der Waals surface area contributed by atoms with Crippen molar-refractivity contribution in [2.24, 2.45) is 28.1 Å². The second-order valence-corrected chi connectivity index (χ2v) is 8.78. The highest BCUT2D eigenvalue weighted by Crippen LogP contribution is 2.63. The van der Waals surface area contributed by atoms with Crippen molar-refractivity contribution in [1.82, 2.24) is 0 Å². The van der Waals surface area contributed by atoms with Crippen LogP contribution in [0.5, 0.6) is 0 Å². The molecule has 0 aromatic heterocycles. The van der Waals surface area contributed by atoms with Crippen LogP contribution in [0.1, 0.15) is 80.1 Å². The van der Waals surface area contributed by atoms with E-state index < -0.39 is 0 Å². The quantitative estimate of drug-likeness (QED) is 0.508. The summed E-state index contributed by atoms with van der Waals surface area (Å²) in [5.74, 6) is 2.12. The Morgan fingerprint density at radius 3 is 1.82 bits per heavy atom. The molecule has 0 amide bonds. The Labute approximate surface area is 109 Å². The van der Waals surface area contributed by atoms with Crippen LogP contribution in [0.3, 0.4) is 0 Å². The molecule has 0 N–H and O–H groups in total. The van der Waals surface area contributed by atoms with Crippen molar-refractivity contribution in [3.05, 3.63) is 0 Å². The number of fused-ring (bicyclic) bond motifs is 1. The predicted octanol–water partition coefficient (Wildman–Crippen LogP) is 5.67. The van der Waals surface area contributed by atoms with E-state index in [4.69, 9.17) is 0 Å². The maximum atomic E-state index is 2.48. The van der Waals surface area contributed by atoms with E-state index in [0.29, 0.717) is 16.2 Å². The molecule has 0 bridgehead atoms. The average Bonchev–Trinajstić information content (AvgIpc) is 2.59. The summed E-state index contributed by atoms with van der Waals surface area (Å²) in [7, 11) is 0. The maximum Gasteiger partial charge on any atom is -0.0197 e. The van der Waals surface area contributed by atoms with Crippen molar-refractivity contribution < 1.29 is 0 Å². The fourth-order valence-electron chi connectivity index (χ4n) is 5.23. The minimum atomic E-state index is 0.443. The molecule has 0 spiro atoms. The van der Waals surface area contributed by atoms with Gasteiger partial charge in [-0.2, -0.15) is 0 Å². The summed E-state index contributed by atoms with van der Waals surface area (Å²) >= 11 is 0. The van der Waals surface area contributed by atoms with E-state index in [0.717, 1.165) is 11.8 Å². The number of rotatable bonds is 0. The van der Waals surface area contributed by atoms with Gasteiger partial charge in [0.2, 0.25) is 0 Å². The molecule has 0 aromatic rings. The van der Waals surface area contributed by atoms with Gasteiger partial charge in [-0.1, -0.05) is 60.8 Å². The van der Waals surface area contributed by atoms with Crippen molar-refractivity contribution in [2.45, 2.75) is 80.1 Å². The van der Waals surface area contributed by atoms with Crippen molar-refractivity contribution in [1.29, 1.82) is 0 Å². The number of hydrogen-bond donors (Lipinski definition) is 0. The van der Waals surface area contributed by atoms with Crippen LogP contribution in [0.4, 0.5) is 0 Å². The molecule has 100 valence electrons. The first kappa shape index (κ1) is 13.4. The van der Waals surface area contributed by atoms with Crippen molar-refractivity contribution in [3.63, 3.8) is 0 Å². The highest BCUT2D eigenvalue weighted by atomic mass is 14.6. The molecule has 0 nitrogen and oxygen atoms in total. The maximum absolute atomic E-state index is 2.48. The van der Waals surface area contributed by atoms with Crippen molar-refractivity contribution >= 4 is 0 Å². The monoisotopic (exact) mass is 236 g/mol. The zero-order valence-electron chi connectivity index (χ0n) is 12.9. The van der Waals surface area contributed by atoms with Crippen LogP contribution in [0.2, 0.25) is 0 Å². The normalized spacial score (nSPS) is 33.5. The van der Waals surface area contributed by atoms with E-state index >= 15 is 0 Å². The van der Waals surface area contributed by atoms with Crippen LogP contribution >= 0.6 is 0 Å². The third-order valence-electron chi connectivity index (χ3n) is 6.24. The third-order valence-corrected chi connectivity index (χ3v) is 6.24. The van der Waals surface area contributed by atoms with E-state index in [1.54, 1.807) is 0 Å². The smallest absolute Gasteiger partial charge is 0.0197 e. The van der Waals surface area contributed by atoms with Gasteiger partial charge in [0.1, 0.15) is 0 Å². The minimum absolute atomic E-state index is 0.443. The summed E-state index contributed by atoms with van der Waals surface area (Å²) in [4.78, 5) is 0. The molecular formula is C17H32. The molecule has 2 rings (SSSR count). The Bertz CT molecular complexity index is 259. The van der Waals surface area contributed by atoms with Gasteiger partial charge in [-0.3, -0.25) is 0 Å². The van der Waals surface area contributed by atoms with Crippen LogP contribution < -0.4 is 0 Å². The number of hydrogen-bond acceptors (Lipinski definition) is 0. The van der Waals surface area contributed by atoms with Gasteiger partial charge >= 0.3 is 0 Å². The summed E-state index contributed by atoms with van der Waals surface area (Å²) < 4.78 is 0. The summed E-state index contributed by atoms with van der Waals surface area (Å²) in [6, 6.07) is 0. The van der Waals surface area contributed by atoms with Crippen molar-refractivity contribution in [2.75, 3.05) is 0 Å². The lowest BCUT2D eigenvalue weighted by Gasteiger charge is -2.58. The van der Waals surface area contributed by atoms with Gasteiger partial charge in [0.05, 0.1) is 0 Å². The van der Waals surface area contributed by atoms with Crippen LogP contribution in [-0.2, 0) is 0 Å². The lowest BCUT2D eigenvalue weighted by Crippen LogP contribution is -2.50. The van der Waals surface area contributed by atoms with Gasteiger partial charge in [0, 0.05) is 0 Å². The van der Waals surface area contributed by atoms with Gasteiger partial charge in [-0.15, -0.1) is 0 Å². The van der Waals surface area contributed by atoms with E-state index in [1.807, 2.05) is 0 Å². The van der Waals surface area contributed by atoms with Gasteiger partial charge in [-0.05, 0) is 47.3 Å². The lowest BCUT2D eigenvalue weighted by molar-refractivity contribution is -0.0898. The van der Waals surface area contributed by atoms with Gasteiger partial charge in [0.15, 0.2) is 0 Å². The highest BCUT2D eigenvalue weighted by molar-refractivity contribution is 5.04. The zero-order chi connectivity index (χ0) is 12.9. The molecule has 2 fully saturated rings. The average molecular weight is 236 g/mol. The Hall–Kier alpha value is 0. The molecule has 2 unspecified atom stereocenters. The first-order valence-electron chi connectivity index (χ1n) is 7.67. The second-order valence-electron chi connectivity index (χ2n) is 8.78. The van der Waals surface area contributed by atoms with Crippen LogP contribution in [0.25, 0.3) is 0 Å². The summed E-state index contributed by atoms with van der Waals surface area (Å²) in [6.45, 7) is 14.9. The van der Waals surface area contributed by atoms with Gasteiger partial charge in [-0.25, -0.2) is 0 Å².